The zero-order valence-corrected chi connectivity index (χ0v) is 22.0. The van der Waals surface area contributed by atoms with Crippen LogP contribution in [0, 0.1) is 11.2 Å². The molecule has 3 rings (SSSR count). The maximum absolute atomic E-state index is 15.0. The zero-order valence-electron chi connectivity index (χ0n) is 21.0. The molecule has 1 saturated carbocycles. The molecule has 32 heavy (non-hydrogen) atoms. The summed E-state index contributed by atoms with van der Waals surface area (Å²) in [5, 5.41) is -0.0607. The lowest BCUT2D eigenvalue weighted by molar-refractivity contribution is 0.200. The molecule has 0 bridgehead atoms. The number of ether oxygens (including phenoxy) is 1. The van der Waals surface area contributed by atoms with Crippen LogP contribution in [0.15, 0.2) is 36.4 Å². The Labute approximate surface area is 195 Å². The van der Waals surface area contributed by atoms with E-state index in [-0.39, 0.29) is 16.3 Å². The van der Waals surface area contributed by atoms with Crippen molar-refractivity contribution in [2.45, 2.75) is 90.3 Å². The maximum Gasteiger partial charge on any atom is 0.188 e. The van der Waals surface area contributed by atoms with E-state index in [0.717, 1.165) is 24.8 Å². The van der Waals surface area contributed by atoms with E-state index in [4.69, 9.17) is 4.74 Å². The number of rotatable bonds is 7. The van der Waals surface area contributed by atoms with Crippen LogP contribution >= 0.6 is 0 Å². The van der Waals surface area contributed by atoms with Gasteiger partial charge in [-0.3, -0.25) is 0 Å². The summed E-state index contributed by atoms with van der Waals surface area (Å²) < 4.78 is 20.4. The van der Waals surface area contributed by atoms with Crippen molar-refractivity contribution < 1.29 is 13.9 Å². The van der Waals surface area contributed by atoms with Gasteiger partial charge < -0.3 is 9.53 Å². The van der Waals surface area contributed by atoms with Crippen molar-refractivity contribution in [3.8, 4) is 16.9 Å². The third-order valence-corrected chi connectivity index (χ3v) is 11.7. The molecule has 1 N–H and O–H groups in total. The fraction of sp³-hybridized carbons (Fsp3) is 0.571. The van der Waals surface area contributed by atoms with E-state index in [1.165, 1.54) is 36.5 Å². The molecule has 1 atom stereocenters. The minimum atomic E-state index is -2.25. The summed E-state index contributed by atoms with van der Waals surface area (Å²) in [5.41, 5.74) is 4.33. The number of methoxy groups -OCH3 is 1. The van der Waals surface area contributed by atoms with Crippen molar-refractivity contribution in [3.05, 3.63) is 53.3 Å². The molecule has 176 valence electrons. The average Bonchev–Trinajstić information content (AvgIpc) is 2.71. The summed E-state index contributed by atoms with van der Waals surface area (Å²) in [6, 6.07) is 11.6. The number of hydrogen-bond donors (Lipinski definition) is 1. The van der Waals surface area contributed by atoms with Gasteiger partial charge in [-0.25, -0.2) is 4.39 Å². The predicted octanol–water partition coefficient (Wildman–Crippen LogP) is 8.10. The summed E-state index contributed by atoms with van der Waals surface area (Å²) in [6.45, 7) is 13.1. The first kappa shape index (κ1) is 25.0. The van der Waals surface area contributed by atoms with Gasteiger partial charge in [0.1, 0.15) is 11.6 Å². The fourth-order valence-corrected chi connectivity index (χ4v) is 5.71. The molecule has 4 heteroatoms. The lowest BCUT2D eigenvalue weighted by atomic mass is 9.65. The number of aryl methyl sites for hydroxylation is 1. The van der Waals surface area contributed by atoms with Gasteiger partial charge in [0.05, 0.1) is 7.11 Å². The lowest BCUT2D eigenvalue weighted by Crippen LogP contribution is -2.39. The van der Waals surface area contributed by atoms with Crippen LogP contribution in [0.4, 0.5) is 4.39 Å². The van der Waals surface area contributed by atoms with Crippen LogP contribution in [0.3, 0.4) is 0 Å². The molecule has 1 aliphatic carbocycles. The first-order valence-electron chi connectivity index (χ1n) is 12.0. The highest BCUT2D eigenvalue weighted by Crippen LogP contribution is 2.50. The first-order chi connectivity index (χ1) is 14.9. The standard InChI is InChI=1S/C28H41FO2Si/c1-27(2)16-9-8-10-25(27)23-18-20(15-17-28(3,4)32(6,7)30)11-13-22(23)24-19-21(31-5)12-14-26(24)29/h11-14,18-19,25,30H,8-10,15-17H2,1-7H3. The highest BCUT2D eigenvalue weighted by molar-refractivity contribution is 6.72. The minimum absolute atomic E-state index is 0.0607. The molecule has 0 amide bonds. The molecule has 0 aromatic heterocycles. The summed E-state index contributed by atoms with van der Waals surface area (Å²) in [5.74, 6) is 0.868. The Morgan fingerprint density at radius 2 is 1.81 bits per heavy atom. The molecule has 2 aromatic rings. The largest absolute Gasteiger partial charge is 0.497 e. The second-order valence-electron chi connectivity index (χ2n) is 11.5. The van der Waals surface area contributed by atoms with Crippen molar-refractivity contribution in [1.29, 1.82) is 0 Å². The van der Waals surface area contributed by atoms with Gasteiger partial charge in [0.2, 0.25) is 0 Å². The molecule has 1 fully saturated rings. The van der Waals surface area contributed by atoms with Crippen molar-refractivity contribution in [1.82, 2.24) is 0 Å². The normalized spacial score (nSPS) is 19.1. The molecule has 2 nitrogen and oxygen atoms in total. The van der Waals surface area contributed by atoms with Crippen LogP contribution in [0.25, 0.3) is 11.1 Å². The smallest absolute Gasteiger partial charge is 0.188 e. The van der Waals surface area contributed by atoms with Gasteiger partial charge in [0, 0.05) is 5.56 Å². The van der Waals surface area contributed by atoms with E-state index in [1.54, 1.807) is 13.2 Å². The second kappa shape index (κ2) is 9.30. The number of benzene rings is 2. The van der Waals surface area contributed by atoms with Gasteiger partial charge in [0.25, 0.3) is 0 Å². The van der Waals surface area contributed by atoms with Crippen LogP contribution in [-0.4, -0.2) is 20.2 Å². The Kier molecular flexibility index (Phi) is 7.26. The average molecular weight is 457 g/mol. The van der Waals surface area contributed by atoms with E-state index in [9.17, 15) is 9.19 Å². The van der Waals surface area contributed by atoms with E-state index < -0.39 is 8.32 Å². The predicted molar refractivity (Wildman–Crippen MR) is 135 cm³/mol. The number of hydrogen-bond acceptors (Lipinski definition) is 2. The number of halogens is 1. The van der Waals surface area contributed by atoms with E-state index in [2.05, 4.69) is 45.9 Å². The van der Waals surface area contributed by atoms with E-state index in [0.29, 0.717) is 17.2 Å². The Morgan fingerprint density at radius 1 is 1.09 bits per heavy atom. The Morgan fingerprint density at radius 3 is 2.44 bits per heavy atom. The van der Waals surface area contributed by atoms with Gasteiger partial charge >= 0.3 is 0 Å². The van der Waals surface area contributed by atoms with Crippen molar-refractivity contribution >= 4 is 8.32 Å². The quantitative estimate of drug-likeness (QED) is 0.426. The van der Waals surface area contributed by atoms with Crippen LogP contribution in [0.5, 0.6) is 5.75 Å². The molecule has 1 aliphatic rings. The second-order valence-corrected chi connectivity index (χ2v) is 16.0. The molecule has 0 radical (unpaired) electrons. The third-order valence-electron chi connectivity index (χ3n) is 8.16. The van der Waals surface area contributed by atoms with Crippen molar-refractivity contribution in [2.24, 2.45) is 5.41 Å². The van der Waals surface area contributed by atoms with Crippen LogP contribution in [0.2, 0.25) is 18.1 Å². The highest BCUT2D eigenvalue weighted by Gasteiger charge is 2.38. The highest BCUT2D eigenvalue weighted by atomic mass is 28.4. The van der Waals surface area contributed by atoms with Gasteiger partial charge in [-0.2, -0.15) is 0 Å². The van der Waals surface area contributed by atoms with Gasteiger partial charge in [0.15, 0.2) is 8.32 Å². The van der Waals surface area contributed by atoms with Gasteiger partial charge in [-0.15, -0.1) is 0 Å². The Hall–Kier alpha value is -1.65. The van der Waals surface area contributed by atoms with Gasteiger partial charge in [-0.05, 0) is 90.0 Å². The van der Waals surface area contributed by atoms with Crippen LogP contribution < -0.4 is 4.74 Å². The van der Waals surface area contributed by atoms with E-state index >= 15 is 0 Å². The Balaban J connectivity index is 2.06. The van der Waals surface area contributed by atoms with Crippen LogP contribution in [-0.2, 0) is 6.42 Å². The molecule has 0 heterocycles. The summed E-state index contributed by atoms with van der Waals surface area (Å²) in [7, 11) is -0.629. The topological polar surface area (TPSA) is 29.5 Å². The Bertz CT molecular complexity index is 943. The minimum Gasteiger partial charge on any atom is -0.497 e. The van der Waals surface area contributed by atoms with Crippen molar-refractivity contribution in [3.63, 3.8) is 0 Å². The molecular formula is C28H41FO2Si. The summed E-state index contributed by atoms with van der Waals surface area (Å²) >= 11 is 0. The van der Waals surface area contributed by atoms with Crippen LogP contribution in [0.1, 0.15) is 76.8 Å². The SMILES string of the molecule is COc1ccc(F)c(-c2ccc(CCC(C)(C)[Si](C)(C)O)cc2C2CCCCC2(C)C)c1. The molecule has 1 unspecified atom stereocenters. The maximum atomic E-state index is 15.0. The molecule has 0 saturated heterocycles. The van der Waals surface area contributed by atoms with Crippen molar-refractivity contribution in [2.75, 3.05) is 7.11 Å². The monoisotopic (exact) mass is 456 g/mol. The fourth-order valence-electron chi connectivity index (χ4n) is 4.97. The summed E-state index contributed by atoms with van der Waals surface area (Å²) in [4.78, 5) is 10.7. The molecule has 0 spiro atoms. The molecule has 2 aromatic carbocycles. The first-order valence-corrected chi connectivity index (χ1v) is 15.0. The van der Waals surface area contributed by atoms with Gasteiger partial charge in [-0.1, -0.05) is 58.7 Å². The van der Waals surface area contributed by atoms with E-state index in [1.807, 2.05) is 19.2 Å². The molecular weight excluding hydrogens is 415 g/mol. The molecule has 0 aliphatic heterocycles. The lowest BCUT2D eigenvalue weighted by Gasteiger charge is -2.40. The zero-order chi connectivity index (χ0) is 23.7. The summed E-state index contributed by atoms with van der Waals surface area (Å²) in [6.07, 6.45) is 6.68. The third kappa shape index (κ3) is 5.28.